The van der Waals surface area contributed by atoms with E-state index in [1.54, 1.807) is 48.4 Å². The van der Waals surface area contributed by atoms with Crippen molar-refractivity contribution >= 4 is 99.2 Å². The number of hydrogen-bond donors (Lipinski definition) is 4. The Bertz CT molecular complexity index is 5390. The maximum absolute atomic E-state index is 15.0. The summed E-state index contributed by atoms with van der Waals surface area (Å²) in [5.41, 5.74) is 25.1. The first-order valence-electron chi connectivity index (χ1n) is 34.1. The van der Waals surface area contributed by atoms with Crippen LogP contribution in [0.4, 0.5) is 38.0 Å². The second-order valence-corrected chi connectivity index (χ2v) is 32.6. The van der Waals surface area contributed by atoms with Crippen LogP contribution < -0.4 is 27.0 Å². The number of anilines is 5. The molecule has 2 aromatic carbocycles. The van der Waals surface area contributed by atoms with Gasteiger partial charge < -0.3 is 49.8 Å². The van der Waals surface area contributed by atoms with E-state index < -0.39 is 14.4 Å². The summed E-state index contributed by atoms with van der Waals surface area (Å²) in [7, 11) is -1.95. The highest BCUT2D eigenvalue weighted by molar-refractivity contribution is 6.74. The van der Waals surface area contributed by atoms with E-state index in [1.165, 1.54) is 19.6 Å². The van der Waals surface area contributed by atoms with Crippen LogP contribution in [0.1, 0.15) is 75.2 Å². The molecular formula is C69H82ClF2N25O5Si. The minimum absolute atomic E-state index is 0.0945. The van der Waals surface area contributed by atoms with Gasteiger partial charge >= 0.3 is 0 Å². The van der Waals surface area contributed by atoms with E-state index in [1.807, 2.05) is 83.6 Å². The summed E-state index contributed by atoms with van der Waals surface area (Å²) in [6.07, 6.45) is 4.45. The average Bonchev–Trinajstić information content (AvgIpc) is 1.62. The van der Waals surface area contributed by atoms with Crippen LogP contribution >= 0.6 is 11.6 Å². The van der Waals surface area contributed by atoms with Crippen molar-refractivity contribution in [3.63, 3.8) is 0 Å². The van der Waals surface area contributed by atoms with Crippen molar-refractivity contribution in [1.29, 1.82) is 0 Å². The molecule has 538 valence electrons. The van der Waals surface area contributed by atoms with Crippen LogP contribution in [0.2, 0.25) is 18.1 Å². The summed E-state index contributed by atoms with van der Waals surface area (Å²) in [6.45, 7) is 30.0. The first-order valence-corrected chi connectivity index (χ1v) is 37.6. The minimum Gasteiger partial charge on any atom is -0.458 e. The fourth-order valence-electron chi connectivity index (χ4n) is 12.6. The van der Waals surface area contributed by atoms with Crippen LogP contribution in [0.3, 0.4) is 0 Å². The highest BCUT2D eigenvalue weighted by atomic mass is 35.5. The topological polar surface area (TPSA) is 343 Å². The predicted molar refractivity (Wildman–Crippen MR) is 391 cm³/mol. The number of benzene rings is 2. The van der Waals surface area contributed by atoms with Gasteiger partial charge in [-0.15, -0.1) is 26.9 Å². The molecule has 14 heterocycles. The van der Waals surface area contributed by atoms with Crippen LogP contribution in [-0.2, 0) is 24.1 Å². The number of piperazine rings is 2. The van der Waals surface area contributed by atoms with Crippen molar-refractivity contribution in [3.8, 4) is 34.8 Å². The molecule has 7 N–H and O–H groups in total. The molecule has 0 unspecified atom stereocenters. The summed E-state index contributed by atoms with van der Waals surface area (Å²) in [5.74, 6) is 6.09. The second-order valence-electron chi connectivity index (χ2n) is 27.4. The largest absolute Gasteiger partial charge is 0.458 e. The Hall–Kier alpha value is -10.5. The van der Waals surface area contributed by atoms with Crippen LogP contribution in [0.25, 0.3) is 84.8 Å². The average molecular weight is 1440 g/mol. The zero-order chi connectivity index (χ0) is 72.3. The molecule has 0 aliphatic carbocycles. The van der Waals surface area contributed by atoms with Crippen LogP contribution in [0.5, 0.6) is 0 Å². The van der Waals surface area contributed by atoms with Gasteiger partial charge in [-0.05, 0) is 125 Å². The number of nitrogens with two attached hydrogens (primary N) is 3. The quantitative estimate of drug-likeness (QED) is 0.0486. The van der Waals surface area contributed by atoms with Crippen molar-refractivity contribution < 1.29 is 31.6 Å². The summed E-state index contributed by atoms with van der Waals surface area (Å²) in [4.78, 5) is 36.1. The molecule has 30 nitrogen and oxygen atoms in total. The number of fused-ring (bicyclic) bond motifs is 9. The number of nitrogens with zero attached hydrogens (tertiary/aromatic N) is 22. The maximum atomic E-state index is 15.0. The Morgan fingerprint density at radius 2 is 0.864 bits per heavy atom. The van der Waals surface area contributed by atoms with Gasteiger partial charge in [0.05, 0.1) is 78.0 Å². The van der Waals surface area contributed by atoms with Gasteiger partial charge in [-0.2, -0.15) is 43.8 Å². The number of aliphatic hydroxyl groups is 1. The number of nitrogen functional groups attached to an aromatic ring is 3. The lowest BCUT2D eigenvalue weighted by Gasteiger charge is -2.39. The molecule has 0 radical (unpaired) electrons. The van der Waals surface area contributed by atoms with E-state index in [9.17, 15) is 9.50 Å². The molecule has 2 atom stereocenters. The molecule has 0 amide bonds. The van der Waals surface area contributed by atoms with Gasteiger partial charge in [0.2, 0.25) is 35.3 Å². The van der Waals surface area contributed by atoms with Gasteiger partial charge in [0.15, 0.2) is 59.5 Å². The number of aryl methyl sites for hydroxylation is 4. The molecular weight excluding hydrogens is 1360 g/mol. The number of alkyl halides is 1. The molecule has 14 aromatic rings. The molecule has 34 heteroatoms. The third-order valence-corrected chi connectivity index (χ3v) is 24.0. The lowest BCUT2D eigenvalue weighted by Crippen LogP contribution is -2.47. The first kappa shape index (κ1) is 69.6. The van der Waals surface area contributed by atoms with E-state index in [0.717, 1.165) is 91.4 Å². The number of halogens is 3. The number of hydrogen-bond acceptors (Lipinski definition) is 24. The molecule has 2 aliphatic heterocycles. The number of aliphatic hydroxyl groups excluding tert-OH is 1. The fraction of sp³-hybridized carbons (Fsp3) is 0.391. The third-order valence-electron chi connectivity index (χ3n) is 19.3. The maximum Gasteiger partial charge on any atom is 0.225 e. The van der Waals surface area contributed by atoms with Crippen molar-refractivity contribution in [3.05, 3.63) is 131 Å². The molecule has 2 fully saturated rings. The molecule has 12 aromatic heterocycles. The molecule has 16 rings (SSSR count). The molecule has 2 saturated heterocycles. The first-order chi connectivity index (χ1) is 49.3. The lowest BCUT2D eigenvalue weighted by atomic mass is 10.1. The number of furan rings is 3. The van der Waals surface area contributed by atoms with E-state index in [0.29, 0.717) is 124 Å². The van der Waals surface area contributed by atoms with Gasteiger partial charge in [-0.3, -0.25) is 9.80 Å². The Morgan fingerprint density at radius 3 is 1.20 bits per heavy atom. The van der Waals surface area contributed by atoms with Crippen LogP contribution in [0, 0.1) is 32.4 Å². The Balaban J connectivity index is 0.000000137. The lowest BCUT2D eigenvalue weighted by molar-refractivity contribution is 0.199. The standard InChI is InChI=1S/C31H42FN9O2Si.C25H28FN9O2.C13H12ClN7O/c1-20-8-11-26(42-20)27-35-29-23-19-34-40(28(23)36-30(33)41(29)37-27)17-14-38-12-15-39(16-13-38)25-18-22(9-10-24(25)32)21(2)43-44(6,7)31(3,4)5;1-15-3-6-21(37-15)22-29-24-18-14-28-34(23(18)30-25(27)35(24)31-22)12-9-32-7-10-33(11-8-32)20-13-17(16(2)36)4-5-19(20)26;1-7-2-3-9(22-7)10-17-12-8-6-16-20(5-4-14)11(8)18-13(15)21(12)19-10/h8-11,18-19,21H,12-17H2,1-7H3,(H2,33,36);3-6,13-14,16,36H,7-12H2,1-2H3,(H2,27,30);2-3,6H,4-5H2,1H3,(H2,15,18)/t21-;16-;/m00./s1. The van der Waals surface area contributed by atoms with Crippen molar-refractivity contribution in [2.45, 2.75) is 105 Å². The Morgan fingerprint density at radius 1 is 0.505 bits per heavy atom. The Kier molecular flexibility index (Phi) is 19.0. The predicted octanol–water partition coefficient (Wildman–Crippen LogP) is 10.2. The van der Waals surface area contributed by atoms with Gasteiger partial charge in [-0.25, -0.2) is 37.8 Å². The smallest absolute Gasteiger partial charge is 0.225 e. The Labute approximate surface area is 595 Å². The minimum atomic E-state index is -1.95. The van der Waals surface area contributed by atoms with Crippen LogP contribution in [-0.4, -0.2) is 183 Å². The van der Waals surface area contributed by atoms with E-state index in [-0.39, 0.29) is 40.6 Å². The SMILES string of the molecule is Cc1ccc(-c2nc3c4cnn(CCCl)c4nc(N)n3n2)o1.Cc1ccc(-c2nc3c4cnn(CCN5CCN(c6cc([C@H](C)O)ccc6F)CC5)c4nc(N)n3n2)o1.Cc1ccc(-c2nc3c4cnn(CCN5CCN(c6cc([C@H](C)O[Si](C)(C)C(C)(C)C)ccc6F)CC5)c4nc(N)n3n2)o1. The van der Waals surface area contributed by atoms with Crippen LogP contribution in [0.15, 0.2) is 105 Å². The normalized spacial score (nSPS) is 15.0. The van der Waals surface area contributed by atoms with Crippen molar-refractivity contribution in [1.82, 2.24) is 97.9 Å². The van der Waals surface area contributed by atoms with Crippen molar-refractivity contribution in [2.24, 2.45) is 0 Å². The highest BCUT2D eigenvalue weighted by Gasteiger charge is 2.39. The van der Waals surface area contributed by atoms with Gasteiger partial charge in [0, 0.05) is 71.3 Å². The van der Waals surface area contributed by atoms with Gasteiger partial charge in [0.25, 0.3) is 0 Å². The van der Waals surface area contributed by atoms with Gasteiger partial charge in [-0.1, -0.05) is 32.9 Å². The van der Waals surface area contributed by atoms with E-state index >= 15 is 4.39 Å². The number of aromatic nitrogens is 18. The molecule has 0 bridgehead atoms. The molecule has 103 heavy (non-hydrogen) atoms. The monoisotopic (exact) mass is 1440 g/mol. The fourth-order valence-corrected chi connectivity index (χ4v) is 14.1. The molecule has 0 saturated carbocycles. The van der Waals surface area contributed by atoms with Gasteiger partial charge in [0.1, 0.15) is 28.9 Å². The summed E-state index contributed by atoms with van der Waals surface area (Å²) < 4.78 is 62.9. The zero-order valence-electron chi connectivity index (χ0n) is 59.0. The summed E-state index contributed by atoms with van der Waals surface area (Å²) in [6, 6.07) is 21.3. The highest BCUT2D eigenvalue weighted by Crippen LogP contribution is 2.41. The summed E-state index contributed by atoms with van der Waals surface area (Å²) >= 11 is 5.77. The second kappa shape index (κ2) is 28.1. The molecule has 0 spiro atoms. The molecule has 2 aliphatic rings. The number of rotatable bonds is 17. The van der Waals surface area contributed by atoms with E-state index in [4.69, 9.17) is 46.5 Å². The zero-order valence-corrected chi connectivity index (χ0v) is 60.8. The van der Waals surface area contributed by atoms with E-state index in [2.05, 4.69) is 116 Å². The van der Waals surface area contributed by atoms with Crippen molar-refractivity contribution in [2.75, 3.05) is 98.3 Å². The summed E-state index contributed by atoms with van der Waals surface area (Å²) in [5, 5.41) is 39.0. The third kappa shape index (κ3) is 14.1.